The first-order valence-electron chi connectivity index (χ1n) is 2.43. The van der Waals surface area contributed by atoms with E-state index in [0.29, 0.717) is 0 Å². The SMILES string of the molecule is CCC#CCC(=O)[S]. The van der Waals surface area contributed by atoms with Crippen LogP contribution in [0.25, 0.3) is 0 Å². The van der Waals surface area contributed by atoms with Gasteiger partial charge in [-0.1, -0.05) is 12.8 Å². The Morgan fingerprint density at radius 3 is 2.62 bits per heavy atom. The molecule has 0 atom stereocenters. The van der Waals surface area contributed by atoms with Gasteiger partial charge in [-0.15, -0.1) is 5.92 Å². The highest BCUT2D eigenvalue weighted by atomic mass is 32.1. The van der Waals surface area contributed by atoms with Crippen LogP contribution in [0.4, 0.5) is 0 Å². The van der Waals surface area contributed by atoms with Crippen LogP contribution in [0.1, 0.15) is 19.8 Å². The molecule has 0 rings (SSSR count). The van der Waals surface area contributed by atoms with Gasteiger partial charge >= 0.3 is 0 Å². The van der Waals surface area contributed by atoms with E-state index in [4.69, 9.17) is 0 Å². The lowest BCUT2D eigenvalue weighted by Crippen LogP contribution is -1.79. The van der Waals surface area contributed by atoms with Crippen molar-refractivity contribution in [2.24, 2.45) is 0 Å². The fourth-order valence-electron chi connectivity index (χ4n) is 0.260. The zero-order chi connectivity index (χ0) is 6.41. The van der Waals surface area contributed by atoms with E-state index in [2.05, 4.69) is 24.5 Å². The fraction of sp³-hybridized carbons (Fsp3) is 0.500. The van der Waals surface area contributed by atoms with Crippen molar-refractivity contribution in [3.8, 4) is 11.8 Å². The highest BCUT2D eigenvalue weighted by Gasteiger charge is 1.85. The molecule has 0 aliphatic heterocycles. The molecule has 1 radical (unpaired) electrons. The molecule has 2 heteroatoms. The average Bonchev–Trinajstić information content (AvgIpc) is 1.66. The zero-order valence-corrected chi connectivity index (χ0v) is 5.55. The molecule has 8 heavy (non-hydrogen) atoms. The summed E-state index contributed by atoms with van der Waals surface area (Å²) in [6.07, 6.45) is 1.02. The van der Waals surface area contributed by atoms with E-state index in [1.807, 2.05) is 6.92 Å². The second-order valence-corrected chi connectivity index (χ2v) is 1.71. The molecule has 0 aliphatic carbocycles. The van der Waals surface area contributed by atoms with Gasteiger partial charge in [-0.3, -0.25) is 4.79 Å². The molecular formula is C6H7OS. The number of carbonyl (C=O) groups excluding carboxylic acids is 1. The molecule has 0 heterocycles. The van der Waals surface area contributed by atoms with Crippen molar-refractivity contribution in [3.05, 3.63) is 0 Å². The Morgan fingerprint density at radius 2 is 2.25 bits per heavy atom. The summed E-state index contributed by atoms with van der Waals surface area (Å²) in [5, 5.41) is -0.272. The Bertz CT molecular complexity index is 129. The molecule has 0 bridgehead atoms. The molecule has 0 spiro atoms. The lowest BCUT2D eigenvalue weighted by Gasteiger charge is -1.73. The number of hydrogen-bond acceptors (Lipinski definition) is 1. The van der Waals surface area contributed by atoms with Crippen molar-refractivity contribution in [2.45, 2.75) is 19.8 Å². The average molecular weight is 127 g/mol. The standard InChI is InChI=1S/C6H7OS/c1-2-3-4-5-6(7)8/h2,5H2,1H3. The predicted octanol–water partition coefficient (Wildman–Crippen LogP) is 1.51. The second-order valence-electron chi connectivity index (χ2n) is 1.26. The highest BCUT2D eigenvalue weighted by Crippen LogP contribution is 1.83. The maximum absolute atomic E-state index is 10.0. The zero-order valence-electron chi connectivity index (χ0n) is 4.73. The minimum absolute atomic E-state index is 0.225. The first-order chi connectivity index (χ1) is 3.77. The van der Waals surface area contributed by atoms with E-state index in [1.165, 1.54) is 0 Å². The topological polar surface area (TPSA) is 17.1 Å². The van der Waals surface area contributed by atoms with Crippen LogP contribution in [0.5, 0.6) is 0 Å². The molecule has 0 aromatic rings. The summed E-state index contributed by atoms with van der Waals surface area (Å²) >= 11 is 4.25. The van der Waals surface area contributed by atoms with Gasteiger partial charge in [0.2, 0.25) is 5.12 Å². The van der Waals surface area contributed by atoms with Crippen LogP contribution in [0.15, 0.2) is 0 Å². The summed E-state index contributed by atoms with van der Waals surface area (Å²) in [6.45, 7) is 1.93. The van der Waals surface area contributed by atoms with Crippen LogP contribution in [0.3, 0.4) is 0 Å². The molecule has 0 saturated carbocycles. The first kappa shape index (κ1) is 7.45. The van der Waals surface area contributed by atoms with Crippen molar-refractivity contribution >= 4 is 17.7 Å². The van der Waals surface area contributed by atoms with Gasteiger partial charge in [0, 0.05) is 6.42 Å². The molecule has 1 nitrogen and oxygen atoms in total. The summed E-state index contributed by atoms with van der Waals surface area (Å²) in [6, 6.07) is 0. The maximum Gasteiger partial charge on any atom is 0.230 e. The van der Waals surface area contributed by atoms with Gasteiger partial charge in [0.15, 0.2) is 0 Å². The van der Waals surface area contributed by atoms with Gasteiger partial charge in [0.1, 0.15) is 0 Å². The molecule has 0 amide bonds. The van der Waals surface area contributed by atoms with Crippen molar-refractivity contribution in [2.75, 3.05) is 0 Å². The molecule has 0 fully saturated rings. The second kappa shape index (κ2) is 4.61. The van der Waals surface area contributed by atoms with Crippen molar-refractivity contribution in [1.29, 1.82) is 0 Å². The van der Waals surface area contributed by atoms with Crippen LogP contribution in [-0.4, -0.2) is 5.12 Å². The summed E-state index contributed by atoms with van der Waals surface area (Å²) < 4.78 is 0. The van der Waals surface area contributed by atoms with Crippen molar-refractivity contribution < 1.29 is 4.79 Å². The molecule has 0 saturated heterocycles. The maximum atomic E-state index is 10.0. The quantitative estimate of drug-likeness (QED) is 0.488. The van der Waals surface area contributed by atoms with Gasteiger partial charge < -0.3 is 0 Å². The van der Waals surface area contributed by atoms with Gasteiger partial charge in [0.05, 0.1) is 6.42 Å². The van der Waals surface area contributed by atoms with Crippen LogP contribution in [0.2, 0.25) is 0 Å². The van der Waals surface area contributed by atoms with Gasteiger partial charge in [-0.05, 0) is 12.6 Å². The van der Waals surface area contributed by atoms with E-state index in [9.17, 15) is 4.79 Å². The van der Waals surface area contributed by atoms with Gasteiger partial charge in [-0.2, -0.15) is 0 Å². The fourth-order valence-corrected chi connectivity index (χ4v) is 0.332. The lowest BCUT2D eigenvalue weighted by atomic mass is 10.4. The monoisotopic (exact) mass is 127 g/mol. The number of hydrogen-bond donors (Lipinski definition) is 0. The lowest BCUT2D eigenvalue weighted by molar-refractivity contribution is -0.109. The summed E-state index contributed by atoms with van der Waals surface area (Å²) in [5.41, 5.74) is 0. The molecule has 0 aromatic carbocycles. The molecule has 0 N–H and O–H groups in total. The highest BCUT2D eigenvalue weighted by molar-refractivity contribution is 7.96. The molecule has 0 aliphatic rings. The van der Waals surface area contributed by atoms with Crippen LogP contribution in [-0.2, 0) is 4.79 Å². The Morgan fingerprint density at radius 1 is 1.62 bits per heavy atom. The molecular weight excluding hydrogens is 120 g/mol. The first-order valence-corrected chi connectivity index (χ1v) is 2.83. The largest absolute Gasteiger partial charge is 0.281 e. The molecule has 0 aromatic heterocycles. The normalized spacial score (nSPS) is 7.12. The van der Waals surface area contributed by atoms with E-state index in [0.717, 1.165) is 6.42 Å². The summed E-state index contributed by atoms with van der Waals surface area (Å²) in [5.74, 6) is 5.37. The predicted molar refractivity (Wildman–Crippen MR) is 35.3 cm³/mol. The van der Waals surface area contributed by atoms with Crippen LogP contribution >= 0.6 is 12.6 Å². The third-order valence-corrected chi connectivity index (χ3v) is 0.679. The third kappa shape index (κ3) is 5.45. The Kier molecular flexibility index (Phi) is 4.29. The van der Waals surface area contributed by atoms with E-state index < -0.39 is 0 Å². The minimum Gasteiger partial charge on any atom is -0.281 e. The van der Waals surface area contributed by atoms with Gasteiger partial charge in [-0.25, -0.2) is 0 Å². The summed E-state index contributed by atoms with van der Waals surface area (Å²) in [4.78, 5) is 10.0. The number of carbonyl (C=O) groups is 1. The van der Waals surface area contributed by atoms with E-state index in [-0.39, 0.29) is 11.5 Å². The van der Waals surface area contributed by atoms with Crippen LogP contribution in [0, 0.1) is 11.8 Å². The van der Waals surface area contributed by atoms with E-state index in [1.54, 1.807) is 0 Å². The summed E-state index contributed by atoms with van der Waals surface area (Å²) in [7, 11) is 0. The molecule has 43 valence electrons. The molecule has 0 unspecified atom stereocenters. The van der Waals surface area contributed by atoms with Gasteiger partial charge in [0.25, 0.3) is 0 Å². The Hall–Kier alpha value is -0.550. The van der Waals surface area contributed by atoms with E-state index >= 15 is 0 Å². The van der Waals surface area contributed by atoms with Crippen molar-refractivity contribution in [3.63, 3.8) is 0 Å². The Labute approximate surface area is 54.9 Å². The Balaban J connectivity index is 3.29. The van der Waals surface area contributed by atoms with Crippen LogP contribution < -0.4 is 0 Å². The minimum atomic E-state index is -0.272. The smallest absolute Gasteiger partial charge is 0.230 e. The number of rotatable bonds is 1. The van der Waals surface area contributed by atoms with Crippen molar-refractivity contribution in [1.82, 2.24) is 0 Å². The third-order valence-electron chi connectivity index (χ3n) is 0.535.